The van der Waals surface area contributed by atoms with Crippen LogP contribution in [0.2, 0.25) is 0 Å². The molecule has 0 bridgehead atoms. The minimum absolute atomic E-state index is 0.132. The van der Waals surface area contributed by atoms with Crippen molar-refractivity contribution in [3.63, 3.8) is 0 Å². The van der Waals surface area contributed by atoms with Gasteiger partial charge in [0, 0.05) is 0 Å². The molecule has 2 aromatic rings. The Bertz CT molecular complexity index is 478. The fourth-order valence-electron chi connectivity index (χ4n) is 1.19. The van der Waals surface area contributed by atoms with E-state index in [1.54, 1.807) is 6.07 Å². The van der Waals surface area contributed by atoms with Crippen molar-refractivity contribution in [3.8, 4) is 0 Å². The second-order valence-electron chi connectivity index (χ2n) is 2.76. The van der Waals surface area contributed by atoms with Crippen LogP contribution >= 0.6 is 8.00 Å². The zero-order valence-electron chi connectivity index (χ0n) is 6.74. The first-order valence-corrected chi connectivity index (χ1v) is 5.42. The second kappa shape index (κ2) is 2.45. The summed E-state index contributed by atoms with van der Waals surface area (Å²) in [6.07, 6.45) is 0.475. The van der Waals surface area contributed by atoms with E-state index < -0.39 is 8.00 Å². The molecule has 0 unspecified atom stereocenters. The van der Waals surface area contributed by atoms with Crippen LogP contribution < -0.4 is 0 Å². The van der Waals surface area contributed by atoms with Crippen LogP contribution in [0.25, 0.3) is 11.0 Å². The molecule has 0 aliphatic heterocycles. The zero-order valence-corrected chi connectivity index (χ0v) is 7.63. The van der Waals surface area contributed by atoms with E-state index in [1.807, 2.05) is 0 Å². The monoisotopic (exact) mass is 224 g/mol. The molecule has 1 heterocycles. The van der Waals surface area contributed by atoms with Gasteiger partial charge >= 0.3 is 75.7 Å². The van der Waals surface area contributed by atoms with Crippen LogP contribution in [0.3, 0.4) is 0 Å². The van der Waals surface area contributed by atoms with Crippen LogP contribution in [0.5, 0.6) is 0 Å². The molecule has 2 rings (SSSR count). The molecule has 0 aliphatic rings. The van der Waals surface area contributed by atoms with E-state index >= 15 is 0 Å². The van der Waals surface area contributed by atoms with Gasteiger partial charge < -0.3 is 0 Å². The molecule has 1 aromatic heterocycles. The molecular formula is C7H5F4N2P. The van der Waals surface area contributed by atoms with Crippen molar-refractivity contribution in [2.45, 2.75) is 0 Å². The average molecular weight is 224 g/mol. The zero-order chi connectivity index (χ0) is 10.4. The summed E-state index contributed by atoms with van der Waals surface area (Å²) >= 11 is 0. The summed E-state index contributed by atoms with van der Waals surface area (Å²) in [6.45, 7) is 0. The summed E-state index contributed by atoms with van der Waals surface area (Å²) in [6, 6.07) is 5.53. The minimum atomic E-state index is -7.76. The topological polar surface area (TPSA) is 17.8 Å². The average Bonchev–Trinajstić information content (AvgIpc) is 2.44. The number of hydrogen-bond donors (Lipinski definition) is 0. The van der Waals surface area contributed by atoms with Gasteiger partial charge in [-0.1, -0.05) is 0 Å². The van der Waals surface area contributed by atoms with Gasteiger partial charge in [0.2, 0.25) is 0 Å². The molecule has 76 valence electrons. The van der Waals surface area contributed by atoms with Gasteiger partial charge in [-0.25, -0.2) is 0 Å². The van der Waals surface area contributed by atoms with Gasteiger partial charge in [-0.05, 0) is 0 Å². The molecule has 14 heavy (non-hydrogen) atoms. The molecule has 7 heteroatoms. The Morgan fingerprint density at radius 1 is 1.07 bits per heavy atom. The van der Waals surface area contributed by atoms with Gasteiger partial charge in [-0.15, -0.1) is 0 Å². The fourth-order valence-corrected chi connectivity index (χ4v) is 1.89. The van der Waals surface area contributed by atoms with Crippen molar-refractivity contribution in [2.24, 2.45) is 0 Å². The molecule has 0 aliphatic carbocycles. The first-order valence-electron chi connectivity index (χ1n) is 3.67. The number of hydrogen-bond acceptors (Lipinski definition) is 1. The van der Waals surface area contributed by atoms with E-state index in [1.165, 1.54) is 18.2 Å². The number of nitrogens with zero attached hydrogens (tertiary/aromatic N) is 2. The van der Waals surface area contributed by atoms with Crippen molar-refractivity contribution in [1.82, 2.24) is 9.32 Å². The molecule has 1 aromatic carbocycles. The maximum absolute atomic E-state index is 12.4. The number of para-hydroxylation sites is 2. The Kier molecular flexibility index (Phi) is 1.64. The summed E-state index contributed by atoms with van der Waals surface area (Å²) in [7, 11) is -7.76. The summed E-state index contributed by atoms with van der Waals surface area (Å²) in [5, 5.41) is 0. The van der Waals surface area contributed by atoms with Gasteiger partial charge in [0.1, 0.15) is 0 Å². The number of rotatable bonds is 1. The quantitative estimate of drug-likeness (QED) is 0.530. The molecule has 2 nitrogen and oxygen atoms in total. The summed E-state index contributed by atoms with van der Waals surface area (Å²) in [5.74, 6) is 0. The predicted octanol–water partition coefficient (Wildman–Crippen LogP) is 3.89. The van der Waals surface area contributed by atoms with Crippen molar-refractivity contribution in [3.05, 3.63) is 30.6 Å². The van der Waals surface area contributed by atoms with Crippen LogP contribution in [0.4, 0.5) is 16.8 Å². The van der Waals surface area contributed by atoms with Crippen molar-refractivity contribution in [1.29, 1.82) is 0 Å². The Hall–Kier alpha value is -1.16. The Morgan fingerprint density at radius 3 is 2.36 bits per heavy atom. The van der Waals surface area contributed by atoms with Gasteiger partial charge in [-0.3, -0.25) is 0 Å². The fraction of sp³-hybridized carbons (Fsp3) is 0. The summed E-state index contributed by atoms with van der Waals surface area (Å²) in [5.41, 5.74) is -0.118. The Labute approximate surface area is 76.6 Å². The van der Waals surface area contributed by atoms with E-state index in [0.717, 1.165) is 0 Å². The number of halogens is 4. The summed E-state index contributed by atoms with van der Waals surface area (Å²) in [4.78, 5) is 3.47. The number of benzene rings is 1. The van der Waals surface area contributed by atoms with Gasteiger partial charge in [0.05, 0.1) is 0 Å². The van der Waals surface area contributed by atoms with E-state index in [2.05, 4.69) is 4.98 Å². The van der Waals surface area contributed by atoms with E-state index in [9.17, 15) is 16.8 Å². The third-order valence-electron chi connectivity index (χ3n) is 1.76. The van der Waals surface area contributed by atoms with Gasteiger partial charge in [0.15, 0.2) is 0 Å². The van der Waals surface area contributed by atoms with E-state index in [-0.39, 0.29) is 15.4 Å². The molecule has 0 radical (unpaired) electrons. The molecule has 0 fully saturated rings. The molecule has 0 spiro atoms. The third kappa shape index (κ3) is 1.46. The van der Waals surface area contributed by atoms with Gasteiger partial charge in [-0.2, -0.15) is 0 Å². The van der Waals surface area contributed by atoms with E-state index in [4.69, 9.17) is 0 Å². The van der Waals surface area contributed by atoms with Crippen molar-refractivity contribution in [2.75, 3.05) is 0 Å². The van der Waals surface area contributed by atoms with E-state index in [0.29, 0.717) is 6.33 Å². The SMILES string of the molecule is FP(F)(F)(F)n1cnc2ccccc21. The molecule has 0 amide bonds. The standard InChI is InChI=1S/C7H5F4N2P/c8-14(9,10,11)13-5-12-6-3-1-2-4-7(6)13/h1-5H. The van der Waals surface area contributed by atoms with Crippen LogP contribution in [0, 0.1) is 0 Å². The Morgan fingerprint density at radius 2 is 1.71 bits per heavy atom. The normalized spacial score (nSPS) is 15.3. The molecule has 0 atom stereocenters. The molecule has 0 N–H and O–H groups in total. The Balaban J connectivity index is 2.77. The van der Waals surface area contributed by atoms with Crippen molar-refractivity contribution >= 4 is 19.0 Å². The third-order valence-corrected chi connectivity index (χ3v) is 2.73. The number of fused-ring (bicyclic) bond motifs is 1. The van der Waals surface area contributed by atoms with Crippen molar-refractivity contribution < 1.29 is 16.8 Å². The van der Waals surface area contributed by atoms with Crippen LogP contribution in [0.1, 0.15) is 0 Å². The maximum atomic E-state index is 12.4. The molecule has 0 saturated carbocycles. The van der Waals surface area contributed by atoms with Gasteiger partial charge in [0.25, 0.3) is 0 Å². The van der Waals surface area contributed by atoms with Crippen LogP contribution in [-0.4, -0.2) is 9.32 Å². The number of aromatic nitrogens is 2. The number of imidazole rings is 1. The summed E-state index contributed by atoms with van der Waals surface area (Å²) < 4.78 is 49.4. The second-order valence-corrected chi connectivity index (χ2v) is 4.57. The molecular weight excluding hydrogens is 219 g/mol. The van der Waals surface area contributed by atoms with Crippen LogP contribution in [0.15, 0.2) is 30.6 Å². The van der Waals surface area contributed by atoms with Crippen LogP contribution in [-0.2, 0) is 0 Å². The first-order chi connectivity index (χ1) is 6.35. The first kappa shape index (κ1) is 9.40. The predicted molar refractivity (Wildman–Crippen MR) is 46.5 cm³/mol. The molecule has 0 saturated heterocycles.